The van der Waals surface area contributed by atoms with Gasteiger partial charge < -0.3 is 10.6 Å². The van der Waals surface area contributed by atoms with Crippen LogP contribution in [-0.4, -0.2) is 17.6 Å². The van der Waals surface area contributed by atoms with E-state index in [-0.39, 0.29) is 0 Å². The molecule has 2 rings (SSSR count). The highest BCUT2D eigenvalue weighted by Crippen LogP contribution is 2.23. The van der Waals surface area contributed by atoms with E-state index in [4.69, 9.17) is 5.73 Å². The van der Waals surface area contributed by atoms with Crippen LogP contribution in [0.5, 0.6) is 0 Å². The summed E-state index contributed by atoms with van der Waals surface area (Å²) in [5.74, 6) is 1.03. The first kappa shape index (κ1) is 10.3. The van der Waals surface area contributed by atoms with Crippen LogP contribution >= 0.6 is 0 Å². The van der Waals surface area contributed by atoms with Gasteiger partial charge in [0.25, 0.3) is 0 Å². The number of aromatic nitrogens is 1. The average Bonchev–Trinajstić information content (AvgIpc) is 2.43. The molecule has 1 aliphatic rings. The molecular formula is C12H19N3. The molecule has 2 N–H and O–H groups in total. The number of hydrogen-bond acceptors (Lipinski definition) is 3. The zero-order chi connectivity index (χ0) is 10.7. The first-order chi connectivity index (χ1) is 7.27. The standard InChI is InChI=1S/C12H19N3/c1-10-5-3-2-4-8-15(10)12-9-11(13)6-7-14-12/h6-7,9-10H,2-5,8H2,1H3,(H2,13,14). The summed E-state index contributed by atoms with van der Waals surface area (Å²) in [6, 6.07) is 4.40. The van der Waals surface area contributed by atoms with Gasteiger partial charge in [-0.15, -0.1) is 0 Å². The van der Waals surface area contributed by atoms with Gasteiger partial charge in [-0.25, -0.2) is 4.98 Å². The zero-order valence-electron chi connectivity index (χ0n) is 9.32. The van der Waals surface area contributed by atoms with E-state index in [9.17, 15) is 0 Å². The molecule has 0 aromatic carbocycles. The van der Waals surface area contributed by atoms with Crippen LogP contribution in [0, 0.1) is 0 Å². The molecule has 0 amide bonds. The Morgan fingerprint density at radius 1 is 1.40 bits per heavy atom. The van der Waals surface area contributed by atoms with Crippen LogP contribution < -0.4 is 10.6 Å². The molecule has 3 heteroatoms. The summed E-state index contributed by atoms with van der Waals surface area (Å²) < 4.78 is 0. The van der Waals surface area contributed by atoms with Crippen molar-refractivity contribution in [2.24, 2.45) is 0 Å². The van der Waals surface area contributed by atoms with E-state index in [1.807, 2.05) is 12.1 Å². The van der Waals surface area contributed by atoms with Crippen molar-refractivity contribution in [3.8, 4) is 0 Å². The second-order valence-corrected chi connectivity index (χ2v) is 4.34. The molecule has 0 saturated carbocycles. The molecule has 15 heavy (non-hydrogen) atoms. The van der Waals surface area contributed by atoms with E-state index in [0.29, 0.717) is 6.04 Å². The van der Waals surface area contributed by atoms with Crippen LogP contribution in [0.25, 0.3) is 0 Å². The first-order valence-electron chi connectivity index (χ1n) is 5.75. The fourth-order valence-corrected chi connectivity index (χ4v) is 2.21. The number of pyridine rings is 1. The van der Waals surface area contributed by atoms with E-state index >= 15 is 0 Å². The normalized spacial score (nSPS) is 22.5. The lowest BCUT2D eigenvalue weighted by Crippen LogP contribution is -2.33. The van der Waals surface area contributed by atoms with Gasteiger partial charge in [-0.2, -0.15) is 0 Å². The molecule has 0 radical (unpaired) electrons. The van der Waals surface area contributed by atoms with Gasteiger partial charge in [0, 0.05) is 30.5 Å². The first-order valence-corrected chi connectivity index (χ1v) is 5.75. The molecule has 0 bridgehead atoms. The Morgan fingerprint density at radius 3 is 3.07 bits per heavy atom. The minimum atomic E-state index is 0.585. The summed E-state index contributed by atoms with van der Waals surface area (Å²) in [5.41, 5.74) is 6.59. The smallest absolute Gasteiger partial charge is 0.130 e. The third-order valence-corrected chi connectivity index (χ3v) is 3.12. The largest absolute Gasteiger partial charge is 0.399 e. The minimum Gasteiger partial charge on any atom is -0.399 e. The summed E-state index contributed by atoms with van der Waals surface area (Å²) in [4.78, 5) is 6.78. The molecule has 2 heterocycles. The van der Waals surface area contributed by atoms with Crippen molar-refractivity contribution in [3.63, 3.8) is 0 Å². The second-order valence-electron chi connectivity index (χ2n) is 4.34. The monoisotopic (exact) mass is 205 g/mol. The number of nitrogen functional groups attached to an aromatic ring is 1. The Hall–Kier alpha value is -1.25. The topological polar surface area (TPSA) is 42.1 Å². The van der Waals surface area contributed by atoms with Crippen LogP contribution in [0.3, 0.4) is 0 Å². The van der Waals surface area contributed by atoms with Crippen molar-refractivity contribution in [3.05, 3.63) is 18.3 Å². The fourth-order valence-electron chi connectivity index (χ4n) is 2.21. The summed E-state index contributed by atoms with van der Waals surface area (Å²) >= 11 is 0. The van der Waals surface area contributed by atoms with Gasteiger partial charge in [0.15, 0.2) is 0 Å². The Kier molecular flexibility index (Phi) is 3.09. The lowest BCUT2D eigenvalue weighted by molar-refractivity contribution is 0.611. The van der Waals surface area contributed by atoms with E-state index in [1.54, 1.807) is 6.20 Å². The Labute approximate surface area is 91.3 Å². The molecule has 0 aliphatic carbocycles. The van der Waals surface area contributed by atoms with Crippen molar-refractivity contribution >= 4 is 11.5 Å². The second kappa shape index (κ2) is 4.51. The third-order valence-electron chi connectivity index (χ3n) is 3.12. The molecule has 1 aromatic rings. The Morgan fingerprint density at radius 2 is 2.27 bits per heavy atom. The van der Waals surface area contributed by atoms with Crippen LogP contribution in [0.1, 0.15) is 32.6 Å². The van der Waals surface area contributed by atoms with Gasteiger partial charge in [-0.3, -0.25) is 0 Å². The highest BCUT2D eigenvalue weighted by atomic mass is 15.2. The number of nitrogens with zero attached hydrogens (tertiary/aromatic N) is 2. The highest BCUT2D eigenvalue weighted by molar-refractivity contribution is 5.50. The maximum absolute atomic E-state index is 5.78. The maximum atomic E-state index is 5.78. The Balaban J connectivity index is 2.20. The van der Waals surface area contributed by atoms with Gasteiger partial charge in [-0.1, -0.05) is 12.8 Å². The van der Waals surface area contributed by atoms with Crippen molar-refractivity contribution in [1.29, 1.82) is 0 Å². The Bertz CT molecular complexity index is 324. The lowest BCUT2D eigenvalue weighted by atomic mass is 10.1. The third kappa shape index (κ3) is 2.41. The molecule has 1 aromatic heterocycles. The van der Waals surface area contributed by atoms with Gasteiger partial charge in [0.05, 0.1) is 0 Å². The molecule has 1 fully saturated rings. The van der Waals surface area contributed by atoms with Crippen LogP contribution in [0.15, 0.2) is 18.3 Å². The van der Waals surface area contributed by atoms with Gasteiger partial charge in [-0.05, 0) is 25.8 Å². The predicted octanol–water partition coefficient (Wildman–Crippen LogP) is 2.43. The molecule has 1 saturated heterocycles. The van der Waals surface area contributed by atoms with E-state index in [0.717, 1.165) is 18.1 Å². The van der Waals surface area contributed by atoms with Crippen LogP contribution in [0.4, 0.5) is 11.5 Å². The quantitative estimate of drug-likeness (QED) is 0.765. The number of hydrogen-bond donors (Lipinski definition) is 1. The SMILES string of the molecule is CC1CCCCCN1c1cc(N)ccn1. The molecule has 82 valence electrons. The summed E-state index contributed by atoms with van der Waals surface area (Å²) in [7, 11) is 0. The van der Waals surface area contributed by atoms with Gasteiger partial charge >= 0.3 is 0 Å². The van der Waals surface area contributed by atoms with Crippen molar-refractivity contribution < 1.29 is 0 Å². The molecule has 3 nitrogen and oxygen atoms in total. The predicted molar refractivity (Wildman–Crippen MR) is 63.9 cm³/mol. The number of rotatable bonds is 1. The van der Waals surface area contributed by atoms with E-state index in [2.05, 4.69) is 16.8 Å². The molecular weight excluding hydrogens is 186 g/mol. The van der Waals surface area contributed by atoms with Gasteiger partial charge in [0.1, 0.15) is 5.82 Å². The highest BCUT2D eigenvalue weighted by Gasteiger charge is 2.17. The molecule has 1 atom stereocenters. The summed E-state index contributed by atoms with van der Waals surface area (Å²) in [5, 5.41) is 0. The summed E-state index contributed by atoms with van der Waals surface area (Å²) in [6.45, 7) is 3.38. The lowest BCUT2D eigenvalue weighted by Gasteiger charge is -2.28. The summed E-state index contributed by atoms with van der Waals surface area (Å²) in [6.07, 6.45) is 6.99. The number of anilines is 2. The van der Waals surface area contributed by atoms with E-state index in [1.165, 1.54) is 25.7 Å². The molecule has 1 aliphatic heterocycles. The maximum Gasteiger partial charge on any atom is 0.130 e. The van der Waals surface area contributed by atoms with Crippen LogP contribution in [0.2, 0.25) is 0 Å². The zero-order valence-corrected chi connectivity index (χ0v) is 9.32. The minimum absolute atomic E-state index is 0.585. The molecule has 1 unspecified atom stereocenters. The van der Waals surface area contributed by atoms with Crippen LogP contribution in [-0.2, 0) is 0 Å². The fraction of sp³-hybridized carbons (Fsp3) is 0.583. The van der Waals surface area contributed by atoms with Gasteiger partial charge in [0.2, 0.25) is 0 Å². The van der Waals surface area contributed by atoms with Crippen molar-refractivity contribution in [2.45, 2.75) is 38.6 Å². The average molecular weight is 205 g/mol. The van der Waals surface area contributed by atoms with Crippen molar-refractivity contribution in [2.75, 3.05) is 17.2 Å². The van der Waals surface area contributed by atoms with Crippen molar-refractivity contribution in [1.82, 2.24) is 4.98 Å². The molecule has 0 spiro atoms. The number of nitrogens with two attached hydrogens (primary N) is 1. The van der Waals surface area contributed by atoms with E-state index < -0.39 is 0 Å².